The lowest BCUT2D eigenvalue weighted by molar-refractivity contribution is 0.482. The minimum atomic E-state index is -4.17. The molecule has 0 atom stereocenters. The van der Waals surface area contributed by atoms with Crippen molar-refractivity contribution in [3.63, 3.8) is 0 Å². The number of rotatable bonds is 0. The number of hydrogen-bond acceptors (Lipinski definition) is 17. The van der Waals surface area contributed by atoms with Crippen LogP contribution in [-0.2, 0) is 51.5 Å². The number of hydrogen-bond donors (Lipinski definition) is 17. The van der Waals surface area contributed by atoms with E-state index in [1.54, 1.807) is 0 Å². The van der Waals surface area contributed by atoms with Crippen molar-refractivity contribution < 1.29 is 64.9 Å². The van der Waals surface area contributed by atoms with E-state index in [-0.39, 0.29) is 43.1 Å². The van der Waals surface area contributed by atoms with E-state index in [0.29, 0.717) is 0 Å². The van der Waals surface area contributed by atoms with Crippen LogP contribution in [0.25, 0.3) is 0 Å². The van der Waals surface area contributed by atoms with Gasteiger partial charge in [-0.15, -0.1) is 0 Å². The second kappa shape index (κ2) is 30.1. The van der Waals surface area contributed by atoms with Crippen molar-refractivity contribution in [2.45, 2.75) is 0 Å². The van der Waals surface area contributed by atoms with Gasteiger partial charge in [0.2, 0.25) is 0 Å². The van der Waals surface area contributed by atoms with Gasteiger partial charge < -0.3 is 43.1 Å². The largest absolute Gasteiger partial charge is 0.344 e. The van der Waals surface area contributed by atoms with Crippen molar-refractivity contribution in [3.05, 3.63) is 0 Å². The van der Waals surface area contributed by atoms with E-state index in [4.69, 9.17) is 64.9 Å². The van der Waals surface area contributed by atoms with Crippen LogP contribution in [0.2, 0.25) is 0 Å². The lowest BCUT2D eigenvalue weighted by Crippen LogP contribution is -2.08. The molecule has 0 spiro atoms. The highest BCUT2D eigenvalue weighted by atomic mass is 32.3. The Morgan fingerprint density at radius 2 is 0.281 bits per heavy atom. The van der Waals surface area contributed by atoms with Crippen molar-refractivity contribution in [1.82, 2.24) is 43.1 Å². The zero-order valence-electron chi connectivity index (χ0n) is 16.2. The van der Waals surface area contributed by atoms with Crippen LogP contribution in [0, 0.1) is 0 Å². The van der Waals surface area contributed by atoms with Gasteiger partial charge in [-0.3, -0.25) is 22.8 Å². The Kier molecular flexibility index (Phi) is 72.6. The van der Waals surface area contributed by atoms with E-state index in [1.165, 1.54) is 0 Å². The third-order valence-electron chi connectivity index (χ3n) is 0. The smallest absolute Gasteiger partial charge is 0.330 e. The quantitative estimate of drug-likeness (QED) is 0.115. The van der Waals surface area contributed by atoms with E-state index < -0.39 is 51.5 Å². The molecule has 0 radical (unpaired) electrons. The highest BCUT2D eigenvalue weighted by molar-refractivity contribution is 7.84. The average Bonchev–Trinajstić information content (AvgIpc) is 1.79. The Morgan fingerprint density at radius 1 is 0.281 bits per heavy atom. The molecule has 0 aliphatic heterocycles. The van der Waals surface area contributed by atoms with Gasteiger partial charge in [-0.1, -0.05) is 0 Å². The van der Waals surface area contributed by atoms with Gasteiger partial charge in [0.1, 0.15) is 0 Å². The molecule has 0 rings (SSSR count). The lowest BCUT2D eigenvalue weighted by atomic mass is 13.9. The average molecular weight is 605 g/mol. The van der Waals surface area contributed by atoms with E-state index in [1.807, 2.05) is 0 Å². The molecule has 0 aromatic carbocycles. The fourth-order valence-electron chi connectivity index (χ4n) is 0. The Bertz CT molecular complexity index is 637. The Hall–Kier alpha value is -0.930. The first kappa shape index (κ1) is 77.3. The van der Waals surface area contributed by atoms with Gasteiger partial charge in [0.05, 0.1) is 0 Å². The molecule has 32 heavy (non-hydrogen) atoms. The van der Waals surface area contributed by atoms with Gasteiger partial charge in [0, 0.05) is 0 Å². The third-order valence-corrected chi connectivity index (χ3v) is 0. The lowest BCUT2D eigenvalue weighted by Gasteiger charge is -1.70. The van der Waals surface area contributed by atoms with E-state index in [2.05, 4.69) is 25.7 Å². The highest BCUT2D eigenvalue weighted by Gasteiger charge is 1.83. The summed E-state index contributed by atoms with van der Waals surface area (Å²) < 4.78 is 126. The zero-order valence-corrected chi connectivity index (χ0v) is 20.3. The Balaban J connectivity index is -0.0000000148. The molecular formula is H36N12O15S5. The minimum absolute atomic E-state index is 0. The normalized spacial score (nSPS) is 9.06. The molecule has 27 nitrogen and oxygen atoms in total. The maximum Gasteiger partial charge on any atom is 0.330 e. The monoisotopic (exact) mass is 604 g/mol. The third kappa shape index (κ3) is 26500. The summed E-state index contributed by atoms with van der Waals surface area (Å²) in [6.45, 7) is 0. The first-order chi connectivity index (χ1) is 10.0. The molecule has 216 valence electrons. The minimum Gasteiger partial charge on any atom is -0.344 e. The molecule has 0 aromatic rings. The van der Waals surface area contributed by atoms with Crippen molar-refractivity contribution >= 4 is 51.5 Å². The van der Waals surface area contributed by atoms with Crippen molar-refractivity contribution in [3.8, 4) is 0 Å². The highest BCUT2D eigenvalue weighted by Crippen LogP contribution is 1.52. The first-order valence-electron chi connectivity index (χ1n) is 3.76. The SMILES string of the molecule is N.N.N.N.N.N.N.NS(=O)(=O)O.NS(=O)(=O)O.NS(=O)(=O)O.NS(=O)(=O)O.NS(=O)(=O)O. The molecule has 0 aliphatic rings. The molecule has 32 heteroatoms. The van der Waals surface area contributed by atoms with Crippen LogP contribution in [0.1, 0.15) is 0 Å². The van der Waals surface area contributed by atoms with E-state index in [9.17, 15) is 0 Å². The van der Waals surface area contributed by atoms with E-state index >= 15 is 0 Å². The molecule has 36 N–H and O–H groups in total. The molecule has 0 heterocycles. The van der Waals surface area contributed by atoms with Gasteiger partial charge in [-0.05, 0) is 0 Å². The first-order valence-corrected chi connectivity index (χ1v) is 11.3. The van der Waals surface area contributed by atoms with Crippen LogP contribution < -0.4 is 68.7 Å². The summed E-state index contributed by atoms with van der Waals surface area (Å²) in [5.74, 6) is 0. The second-order valence-electron chi connectivity index (χ2n) is 2.57. The van der Waals surface area contributed by atoms with Gasteiger partial charge in [-0.2, -0.15) is 42.1 Å². The van der Waals surface area contributed by atoms with Crippen LogP contribution in [0.4, 0.5) is 0 Å². The predicted molar refractivity (Wildman–Crippen MR) is 114 cm³/mol. The summed E-state index contributed by atoms with van der Waals surface area (Å²) in [4.78, 5) is 0. The summed E-state index contributed by atoms with van der Waals surface area (Å²) in [6, 6.07) is 0. The summed E-state index contributed by atoms with van der Waals surface area (Å²) in [7, 11) is -20.8. The number of nitrogens with two attached hydrogens (primary N) is 5. The summed E-state index contributed by atoms with van der Waals surface area (Å²) in [6.07, 6.45) is 0. The van der Waals surface area contributed by atoms with Crippen molar-refractivity contribution in [2.75, 3.05) is 0 Å². The Labute approximate surface area is 185 Å². The van der Waals surface area contributed by atoms with Gasteiger partial charge >= 0.3 is 51.5 Å². The van der Waals surface area contributed by atoms with Crippen LogP contribution in [0.15, 0.2) is 0 Å². The predicted octanol–water partition coefficient (Wildman–Crippen LogP) is -5.13. The van der Waals surface area contributed by atoms with Gasteiger partial charge in [-0.25, -0.2) is 25.7 Å². The topological polar surface area (TPSA) is 647 Å². The van der Waals surface area contributed by atoms with Gasteiger partial charge in [0.15, 0.2) is 0 Å². The molecule has 0 bridgehead atoms. The molecule has 0 amide bonds. The Morgan fingerprint density at radius 3 is 0.281 bits per heavy atom. The molecule has 0 unspecified atom stereocenters. The zero-order chi connectivity index (χ0) is 22.5. The molecule has 0 aliphatic carbocycles. The fraction of sp³-hybridized carbons (Fsp3) is 0. The van der Waals surface area contributed by atoms with Crippen LogP contribution in [0.3, 0.4) is 0 Å². The molecule has 0 saturated heterocycles. The molecule has 0 fully saturated rings. The summed E-state index contributed by atoms with van der Waals surface area (Å²) in [5, 5.41) is 19.4. The maximum absolute atomic E-state index is 8.97. The maximum atomic E-state index is 8.97. The fourth-order valence-corrected chi connectivity index (χ4v) is 0. The van der Waals surface area contributed by atoms with Crippen LogP contribution in [-0.4, -0.2) is 64.9 Å². The van der Waals surface area contributed by atoms with Crippen LogP contribution in [0.5, 0.6) is 0 Å². The molecule has 0 aromatic heterocycles. The van der Waals surface area contributed by atoms with Crippen molar-refractivity contribution in [1.29, 1.82) is 0 Å². The standard InChI is InChI=1S/5H3NO3S.7H3N/c5*1-5(2,3)4;;;;;;;/h5*(H3,1,2,3,4);7*1H3. The van der Waals surface area contributed by atoms with Crippen LogP contribution >= 0.6 is 0 Å². The van der Waals surface area contributed by atoms with Crippen molar-refractivity contribution in [2.24, 2.45) is 25.7 Å². The molecular weight excluding hydrogens is 568 g/mol. The van der Waals surface area contributed by atoms with Gasteiger partial charge in [0.25, 0.3) is 0 Å². The second-order valence-corrected chi connectivity index (χ2v) is 7.72. The summed E-state index contributed by atoms with van der Waals surface area (Å²) in [5.41, 5.74) is 0. The summed E-state index contributed by atoms with van der Waals surface area (Å²) >= 11 is 0. The van der Waals surface area contributed by atoms with E-state index in [0.717, 1.165) is 0 Å². The molecule has 0 saturated carbocycles.